The molecule has 0 fully saturated rings. The minimum Gasteiger partial charge on any atom is -0.497 e. The maximum atomic E-state index is 12.6. The number of carbonyl (C=O) groups excluding carboxylic acids is 1. The van der Waals surface area contributed by atoms with Crippen LogP contribution in [-0.2, 0) is 4.79 Å². The van der Waals surface area contributed by atoms with Gasteiger partial charge in [0.05, 0.1) is 18.9 Å². The van der Waals surface area contributed by atoms with Gasteiger partial charge in [-0.2, -0.15) is 4.68 Å². The van der Waals surface area contributed by atoms with Crippen LogP contribution in [0.15, 0.2) is 64.5 Å². The first-order valence-electron chi connectivity index (χ1n) is 8.82. The van der Waals surface area contributed by atoms with E-state index >= 15 is 0 Å². The molecular formula is C20H21N5O3S. The predicted octanol–water partition coefficient (Wildman–Crippen LogP) is 1.67. The SMILES string of the molecule is COc1ccc([C@@H](NC(=O)CSc2nnc(C)c(=O)n2N)c2ccccc2)cc1. The maximum Gasteiger partial charge on any atom is 0.294 e. The number of aromatic nitrogens is 3. The minimum atomic E-state index is -0.441. The third kappa shape index (κ3) is 4.94. The lowest BCUT2D eigenvalue weighted by Crippen LogP contribution is -2.34. The van der Waals surface area contributed by atoms with Gasteiger partial charge in [-0.3, -0.25) is 9.59 Å². The van der Waals surface area contributed by atoms with E-state index in [-0.39, 0.29) is 28.6 Å². The van der Waals surface area contributed by atoms with Crippen LogP contribution in [0.4, 0.5) is 0 Å². The number of nitrogens with two attached hydrogens (primary N) is 1. The van der Waals surface area contributed by atoms with Gasteiger partial charge >= 0.3 is 0 Å². The zero-order valence-corrected chi connectivity index (χ0v) is 16.8. The fraction of sp³-hybridized carbons (Fsp3) is 0.200. The molecule has 3 N–H and O–H groups in total. The maximum absolute atomic E-state index is 12.6. The largest absolute Gasteiger partial charge is 0.497 e. The fourth-order valence-corrected chi connectivity index (χ4v) is 3.37. The topological polar surface area (TPSA) is 112 Å². The van der Waals surface area contributed by atoms with Crippen molar-refractivity contribution in [3.8, 4) is 5.75 Å². The third-order valence-electron chi connectivity index (χ3n) is 4.24. The van der Waals surface area contributed by atoms with Crippen molar-refractivity contribution in [3.63, 3.8) is 0 Å². The van der Waals surface area contributed by atoms with Crippen LogP contribution in [0.1, 0.15) is 22.9 Å². The quantitative estimate of drug-likeness (QED) is 0.449. The summed E-state index contributed by atoms with van der Waals surface area (Å²) in [6.45, 7) is 1.53. The number of hydrogen-bond acceptors (Lipinski definition) is 7. The lowest BCUT2D eigenvalue weighted by molar-refractivity contribution is -0.119. The summed E-state index contributed by atoms with van der Waals surface area (Å²) in [6.07, 6.45) is 0. The second-order valence-corrected chi connectivity index (χ2v) is 7.16. The standard InChI is InChI=1S/C20H21N5O3S/c1-13-19(27)25(21)20(24-23-13)29-12-17(26)22-18(14-6-4-3-5-7-14)15-8-10-16(28-2)11-9-15/h3-11,18H,12,21H2,1-2H3,(H,22,26)/t18-/m0/s1. The number of hydrogen-bond donors (Lipinski definition) is 2. The number of benzene rings is 2. The van der Waals surface area contributed by atoms with Gasteiger partial charge in [0.2, 0.25) is 11.1 Å². The van der Waals surface area contributed by atoms with Crippen molar-refractivity contribution < 1.29 is 9.53 Å². The van der Waals surface area contributed by atoms with Crippen molar-refractivity contribution in [1.29, 1.82) is 0 Å². The van der Waals surface area contributed by atoms with Gasteiger partial charge in [0, 0.05) is 0 Å². The Labute approximate surface area is 172 Å². The van der Waals surface area contributed by atoms with Crippen LogP contribution in [0.2, 0.25) is 0 Å². The highest BCUT2D eigenvalue weighted by Gasteiger charge is 2.18. The predicted molar refractivity (Wildman–Crippen MR) is 111 cm³/mol. The van der Waals surface area contributed by atoms with E-state index in [0.717, 1.165) is 33.3 Å². The Bertz CT molecular complexity index is 1040. The molecule has 0 spiro atoms. The van der Waals surface area contributed by atoms with Gasteiger partial charge in [0.15, 0.2) is 0 Å². The summed E-state index contributed by atoms with van der Waals surface area (Å²) in [7, 11) is 1.60. The second-order valence-electron chi connectivity index (χ2n) is 6.22. The van der Waals surface area contributed by atoms with E-state index in [4.69, 9.17) is 10.6 Å². The van der Waals surface area contributed by atoms with Gasteiger partial charge < -0.3 is 15.9 Å². The minimum absolute atomic E-state index is 0.0356. The van der Waals surface area contributed by atoms with Crippen LogP contribution in [-0.4, -0.2) is 33.6 Å². The first kappa shape index (κ1) is 20.4. The van der Waals surface area contributed by atoms with Crippen molar-refractivity contribution in [2.24, 2.45) is 0 Å². The van der Waals surface area contributed by atoms with Gasteiger partial charge in [-0.05, 0) is 30.2 Å². The lowest BCUT2D eigenvalue weighted by atomic mass is 9.98. The van der Waals surface area contributed by atoms with Crippen LogP contribution >= 0.6 is 11.8 Å². The van der Waals surface area contributed by atoms with E-state index in [1.807, 2.05) is 54.6 Å². The molecule has 1 heterocycles. The number of thioether (sulfide) groups is 1. The molecule has 2 aromatic carbocycles. The number of rotatable bonds is 7. The fourth-order valence-electron chi connectivity index (χ4n) is 2.70. The molecule has 150 valence electrons. The van der Waals surface area contributed by atoms with Crippen molar-refractivity contribution in [2.75, 3.05) is 18.7 Å². The molecule has 29 heavy (non-hydrogen) atoms. The summed E-state index contributed by atoms with van der Waals surface area (Å²) in [5, 5.41) is 10.8. The van der Waals surface area contributed by atoms with E-state index in [9.17, 15) is 9.59 Å². The van der Waals surface area contributed by atoms with Crippen LogP contribution in [0, 0.1) is 6.92 Å². The molecule has 0 aliphatic heterocycles. The normalized spacial score (nSPS) is 11.7. The number of nitrogen functional groups attached to an aromatic ring is 1. The molecule has 9 heteroatoms. The van der Waals surface area contributed by atoms with E-state index in [0.29, 0.717) is 0 Å². The van der Waals surface area contributed by atoms with Crippen molar-refractivity contribution in [1.82, 2.24) is 20.2 Å². The van der Waals surface area contributed by atoms with Crippen LogP contribution in [0.3, 0.4) is 0 Å². The molecule has 3 aromatic rings. The number of carbonyl (C=O) groups is 1. The average Bonchev–Trinajstić information content (AvgIpc) is 2.76. The molecule has 0 unspecified atom stereocenters. The molecule has 0 radical (unpaired) electrons. The first-order chi connectivity index (χ1) is 14.0. The molecule has 8 nitrogen and oxygen atoms in total. The molecule has 0 saturated carbocycles. The van der Waals surface area contributed by atoms with Crippen molar-refractivity contribution in [3.05, 3.63) is 81.8 Å². The summed E-state index contributed by atoms with van der Waals surface area (Å²) in [5.74, 6) is 6.26. The Hall–Kier alpha value is -3.33. The Kier molecular flexibility index (Phi) is 6.50. The average molecular weight is 411 g/mol. The van der Waals surface area contributed by atoms with Gasteiger partial charge in [-0.25, -0.2) is 0 Å². The second kappa shape index (κ2) is 9.24. The lowest BCUT2D eigenvalue weighted by Gasteiger charge is -2.20. The van der Waals surface area contributed by atoms with E-state index in [1.165, 1.54) is 6.92 Å². The molecule has 0 bridgehead atoms. The Morgan fingerprint density at radius 1 is 1.14 bits per heavy atom. The molecule has 0 aliphatic carbocycles. The highest BCUT2D eigenvalue weighted by Crippen LogP contribution is 2.24. The molecule has 1 amide bonds. The number of aryl methyl sites for hydroxylation is 1. The van der Waals surface area contributed by atoms with Gasteiger partial charge in [-0.15, -0.1) is 10.2 Å². The van der Waals surface area contributed by atoms with E-state index in [2.05, 4.69) is 15.5 Å². The number of nitrogens with zero attached hydrogens (tertiary/aromatic N) is 3. The Morgan fingerprint density at radius 2 is 1.79 bits per heavy atom. The molecule has 1 atom stereocenters. The summed E-state index contributed by atoms with van der Waals surface area (Å²) in [4.78, 5) is 24.5. The highest BCUT2D eigenvalue weighted by atomic mass is 32.2. The zero-order valence-electron chi connectivity index (χ0n) is 16.0. The highest BCUT2D eigenvalue weighted by molar-refractivity contribution is 7.99. The first-order valence-corrected chi connectivity index (χ1v) is 9.80. The zero-order chi connectivity index (χ0) is 20.8. The smallest absolute Gasteiger partial charge is 0.294 e. The molecule has 3 rings (SSSR count). The van der Waals surface area contributed by atoms with Crippen LogP contribution in [0.5, 0.6) is 5.75 Å². The summed E-state index contributed by atoms with van der Waals surface area (Å²) >= 11 is 1.05. The molecule has 1 aromatic heterocycles. The van der Waals surface area contributed by atoms with Crippen molar-refractivity contribution in [2.45, 2.75) is 18.1 Å². The molecule has 0 aliphatic rings. The number of amides is 1. The Morgan fingerprint density at radius 3 is 2.45 bits per heavy atom. The number of ether oxygens (including phenoxy) is 1. The van der Waals surface area contributed by atoms with Crippen LogP contribution < -0.4 is 21.5 Å². The Balaban J connectivity index is 1.76. The van der Waals surface area contributed by atoms with Crippen molar-refractivity contribution >= 4 is 17.7 Å². The van der Waals surface area contributed by atoms with E-state index < -0.39 is 5.56 Å². The summed E-state index contributed by atoms with van der Waals surface area (Å²) in [5.41, 5.74) is 1.62. The molecule has 0 saturated heterocycles. The summed E-state index contributed by atoms with van der Waals surface area (Å²) in [6, 6.07) is 16.8. The van der Waals surface area contributed by atoms with Gasteiger partial charge in [0.25, 0.3) is 5.56 Å². The summed E-state index contributed by atoms with van der Waals surface area (Å²) < 4.78 is 6.11. The van der Waals surface area contributed by atoms with Crippen LogP contribution in [0.25, 0.3) is 0 Å². The number of methoxy groups -OCH3 is 1. The van der Waals surface area contributed by atoms with E-state index in [1.54, 1.807) is 7.11 Å². The monoisotopic (exact) mass is 411 g/mol. The van der Waals surface area contributed by atoms with Gasteiger partial charge in [0.1, 0.15) is 11.4 Å². The third-order valence-corrected chi connectivity index (χ3v) is 5.18. The van der Waals surface area contributed by atoms with Gasteiger partial charge in [-0.1, -0.05) is 54.2 Å². The molecular weight excluding hydrogens is 390 g/mol. The number of nitrogens with one attached hydrogen (secondary N) is 1.